The van der Waals surface area contributed by atoms with E-state index in [0.29, 0.717) is 0 Å². The van der Waals surface area contributed by atoms with E-state index in [1.165, 1.54) is 0 Å². The van der Waals surface area contributed by atoms with Crippen molar-refractivity contribution >= 4 is 24.0 Å². The van der Waals surface area contributed by atoms with Gasteiger partial charge < -0.3 is 25.8 Å². The van der Waals surface area contributed by atoms with E-state index in [-0.39, 0.29) is 32.8 Å². The van der Waals surface area contributed by atoms with Crippen molar-refractivity contribution in [1.29, 1.82) is 0 Å². The molecule has 0 unspecified atom stereocenters. The molecule has 0 heterocycles. The lowest BCUT2D eigenvalue weighted by molar-refractivity contribution is -0.125. The molecule has 0 aliphatic heterocycles. The summed E-state index contributed by atoms with van der Waals surface area (Å²) in [6.07, 6.45) is -2.10. The zero-order chi connectivity index (χ0) is 19.2. The molecular weight excluding hydrogens is 348 g/mol. The molecule has 0 saturated carbocycles. The van der Waals surface area contributed by atoms with E-state index < -0.39 is 24.0 Å². The Morgan fingerprint density at radius 2 is 1.58 bits per heavy atom. The first kappa shape index (κ1) is 20.7. The first-order valence-corrected chi connectivity index (χ1v) is 7.56. The molecule has 0 spiro atoms. The van der Waals surface area contributed by atoms with Gasteiger partial charge in [-0.1, -0.05) is 30.3 Å². The Balaban J connectivity index is 2.05. The third-order valence-electron chi connectivity index (χ3n) is 2.74. The molecule has 11 nitrogen and oxygen atoms in total. The van der Waals surface area contributed by atoms with Gasteiger partial charge in [0.25, 0.3) is 0 Å². The minimum atomic E-state index is -1.35. The number of ether oxygens (including phenoxy) is 1. The van der Waals surface area contributed by atoms with Crippen molar-refractivity contribution in [3.63, 3.8) is 0 Å². The fraction of sp³-hybridized carbons (Fsp3) is 0.333. The maximum Gasteiger partial charge on any atom is 0.428 e. The lowest BCUT2D eigenvalue weighted by Crippen LogP contribution is -2.42. The molecule has 0 radical (unpaired) electrons. The molecular formula is C15H20N4O7. The van der Waals surface area contributed by atoms with Gasteiger partial charge in [-0.2, -0.15) is 5.48 Å². The van der Waals surface area contributed by atoms with Crippen molar-refractivity contribution in [3.05, 3.63) is 35.9 Å². The number of alkyl carbamates (subject to hydrolysis) is 1. The summed E-state index contributed by atoms with van der Waals surface area (Å²) in [6.45, 7) is -0.576. The lowest BCUT2D eigenvalue weighted by Gasteiger charge is -2.08. The number of amides is 4. The van der Waals surface area contributed by atoms with Crippen molar-refractivity contribution < 1.29 is 33.9 Å². The molecule has 0 bridgehead atoms. The number of carboxylic acid groups (broad SMARTS) is 1. The molecule has 5 N–H and O–H groups in total. The highest BCUT2D eigenvalue weighted by atomic mass is 16.7. The van der Waals surface area contributed by atoms with Crippen LogP contribution in [0.2, 0.25) is 0 Å². The molecule has 26 heavy (non-hydrogen) atoms. The van der Waals surface area contributed by atoms with Crippen molar-refractivity contribution in [2.75, 3.05) is 26.2 Å². The van der Waals surface area contributed by atoms with Gasteiger partial charge in [-0.3, -0.25) is 14.4 Å². The van der Waals surface area contributed by atoms with E-state index in [1.807, 2.05) is 18.2 Å². The molecule has 142 valence electrons. The van der Waals surface area contributed by atoms with Gasteiger partial charge in [0.05, 0.1) is 13.2 Å². The summed E-state index contributed by atoms with van der Waals surface area (Å²) in [6, 6.07) is 9.04. The van der Waals surface area contributed by atoms with Crippen LogP contribution in [0.5, 0.6) is 0 Å². The van der Waals surface area contributed by atoms with Crippen LogP contribution in [0.25, 0.3) is 0 Å². The molecule has 1 rings (SSSR count). The van der Waals surface area contributed by atoms with Gasteiger partial charge in [0.2, 0.25) is 11.8 Å². The molecule has 0 fully saturated rings. The Labute approximate surface area is 149 Å². The maximum atomic E-state index is 11.5. The second-order valence-corrected chi connectivity index (χ2v) is 4.80. The third-order valence-corrected chi connectivity index (χ3v) is 2.74. The topological polar surface area (TPSA) is 155 Å². The van der Waals surface area contributed by atoms with E-state index in [0.717, 1.165) is 5.56 Å². The van der Waals surface area contributed by atoms with E-state index in [2.05, 4.69) is 20.8 Å². The summed E-state index contributed by atoms with van der Waals surface area (Å²) in [5.41, 5.74) is 2.47. The van der Waals surface area contributed by atoms with Gasteiger partial charge in [-0.15, -0.1) is 0 Å². The number of hydrogen-bond donors (Lipinski definition) is 5. The summed E-state index contributed by atoms with van der Waals surface area (Å²) < 4.78 is 4.93. The van der Waals surface area contributed by atoms with E-state index in [1.54, 1.807) is 17.6 Å². The van der Waals surface area contributed by atoms with Gasteiger partial charge in [0.15, 0.2) is 0 Å². The van der Waals surface area contributed by atoms with E-state index in [9.17, 15) is 19.2 Å². The minimum absolute atomic E-state index is 0.0546. The molecule has 4 amide bonds. The van der Waals surface area contributed by atoms with Crippen LogP contribution in [0.3, 0.4) is 0 Å². The highest BCUT2D eigenvalue weighted by Crippen LogP contribution is 2.00. The number of rotatable bonds is 10. The van der Waals surface area contributed by atoms with Crippen LogP contribution in [-0.2, 0) is 25.8 Å². The number of carbonyl (C=O) groups excluding carboxylic acids is 3. The second kappa shape index (κ2) is 12.1. The van der Waals surface area contributed by atoms with Crippen LogP contribution in [0.1, 0.15) is 5.56 Å². The number of hydroxylamine groups is 1. The Morgan fingerprint density at radius 1 is 0.923 bits per heavy atom. The van der Waals surface area contributed by atoms with Crippen molar-refractivity contribution in [2.45, 2.75) is 6.61 Å². The predicted octanol–water partition coefficient (Wildman–Crippen LogP) is -0.656. The third kappa shape index (κ3) is 10.4. The van der Waals surface area contributed by atoms with Crippen molar-refractivity contribution in [2.24, 2.45) is 0 Å². The summed E-state index contributed by atoms with van der Waals surface area (Å²) in [7, 11) is 0. The fourth-order valence-corrected chi connectivity index (χ4v) is 1.58. The van der Waals surface area contributed by atoms with Gasteiger partial charge in [-0.05, 0) is 5.56 Å². The normalized spacial score (nSPS) is 9.69. The zero-order valence-electron chi connectivity index (χ0n) is 13.8. The van der Waals surface area contributed by atoms with E-state index in [4.69, 9.17) is 9.84 Å². The van der Waals surface area contributed by atoms with Gasteiger partial charge in [-0.25, -0.2) is 9.59 Å². The number of nitrogens with one attached hydrogen (secondary N) is 4. The van der Waals surface area contributed by atoms with Crippen molar-refractivity contribution in [3.8, 4) is 0 Å². The van der Waals surface area contributed by atoms with Gasteiger partial charge >= 0.3 is 12.2 Å². The van der Waals surface area contributed by atoms with Crippen LogP contribution in [-0.4, -0.2) is 55.3 Å². The quantitative estimate of drug-likeness (QED) is 0.271. The zero-order valence-corrected chi connectivity index (χ0v) is 13.8. The molecule has 0 aliphatic carbocycles. The molecule has 0 aliphatic rings. The average Bonchev–Trinajstić information content (AvgIpc) is 2.63. The largest absolute Gasteiger partial charge is 0.464 e. The van der Waals surface area contributed by atoms with Crippen molar-refractivity contribution in [1.82, 2.24) is 21.4 Å². The van der Waals surface area contributed by atoms with Gasteiger partial charge in [0.1, 0.15) is 13.2 Å². The minimum Gasteiger partial charge on any atom is -0.464 e. The molecule has 0 atom stereocenters. The lowest BCUT2D eigenvalue weighted by atomic mass is 10.2. The van der Waals surface area contributed by atoms with E-state index >= 15 is 0 Å². The first-order valence-electron chi connectivity index (χ1n) is 7.56. The van der Waals surface area contributed by atoms with Crippen LogP contribution in [0, 0.1) is 0 Å². The predicted molar refractivity (Wildman–Crippen MR) is 87.8 cm³/mol. The highest BCUT2D eigenvalue weighted by Gasteiger charge is 2.08. The Bertz CT molecular complexity index is 609. The highest BCUT2D eigenvalue weighted by molar-refractivity contribution is 5.87. The SMILES string of the molecule is O=C(O)NOCCNC(=O)CNC(=O)CNC(=O)OCc1ccccc1. The van der Waals surface area contributed by atoms with Gasteiger partial charge in [0, 0.05) is 6.54 Å². The Morgan fingerprint density at radius 3 is 2.27 bits per heavy atom. The first-order chi connectivity index (χ1) is 12.5. The summed E-state index contributed by atoms with van der Waals surface area (Å²) in [4.78, 5) is 48.9. The van der Waals surface area contributed by atoms with Crippen LogP contribution in [0.4, 0.5) is 9.59 Å². The molecule has 11 heteroatoms. The molecule has 1 aromatic rings. The summed E-state index contributed by atoms with van der Waals surface area (Å²) >= 11 is 0. The number of hydrogen-bond acceptors (Lipinski definition) is 6. The molecule has 0 aromatic heterocycles. The molecule has 1 aromatic carbocycles. The van der Waals surface area contributed by atoms with Crippen LogP contribution in [0.15, 0.2) is 30.3 Å². The monoisotopic (exact) mass is 368 g/mol. The van der Waals surface area contributed by atoms with Crippen LogP contribution < -0.4 is 21.4 Å². The Hall–Kier alpha value is -3.34. The summed E-state index contributed by atoms with van der Waals surface area (Å²) in [5.74, 6) is -1.07. The maximum absolute atomic E-state index is 11.5. The molecule has 0 saturated heterocycles. The number of carbonyl (C=O) groups is 4. The standard InChI is InChI=1S/C15H20N4O7/c20-12(16-6-7-26-19-14(22)23)8-17-13(21)9-18-15(24)25-10-11-4-2-1-3-5-11/h1-5,19H,6-10H2,(H,16,20)(H,17,21)(H,18,24)(H,22,23). The summed E-state index contributed by atoms with van der Waals surface area (Å²) in [5, 5.41) is 15.2. The second-order valence-electron chi connectivity index (χ2n) is 4.80. The Kier molecular flexibility index (Phi) is 9.62. The van der Waals surface area contributed by atoms with Crippen LogP contribution >= 0.6 is 0 Å². The number of benzene rings is 1. The average molecular weight is 368 g/mol. The fourth-order valence-electron chi connectivity index (χ4n) is 1.58. The smallest absolute Gasteiger partial charge is 0.428 e.